The highest BCUT2D eigenvalue weighted by molar-refractivity contribution is 5.72. The van der Waals surface area contributed by atoms with Crippen LogP contribution in [-0.2, 0) is 9.53 Å². The maximum Gasteiger partial charge on any atom is 0.309 e. The number of aryl methyl sites for hydroxylation is 2. The number of benzene rings is 1. The van der Waals surface area contributed by atoms with Gasteiger partial charge in [-0.3, -0.25) is 4.79 Å². The van der Waals surface area contributed by atoms with Crippen LogP contribution in [0.3, 0.4) is 0 Å². The second kappa shape index (κ2) is 9.04. The molecule has 1 fully saturated rings. The van der Waals surface area contributed by atoms with E-state index in [4.69, 9.17) is 9.47 Å². The number of likely N-dealkylation sites (tertiary alicyclic amines) is 1. The zero-order valence-electron chi connectivity index (χ0n) is 15.0. The van der Waals surface area contributed by atoms with E-state index in [1.165, 1.54) is 0 Å². The van der Waals surface area contributed by atoms with Crippen LogP contribution in [0.2, 0.25) is 0 Å². The van der Waals surface area contributed by atoms with Gasteiger partial charge in [-0.25, -0.2) is 0 Å². The van der Waals surface area contributed by atoms with E-state index in [0.29, 0.717) is 13.2 Å². The van der Waals surface area contributed by atoms with Crippen molar-refractivity contribution in [3.63, 3.8) is 0 Å². The molecule has 1 aliphatic heterocycles. The monoisotopic (exact) mass is 335 g/mol. The molecule has 0 saturated carbocycles. The summed E-state index contributed by atoms with van der Waals surface area (Å²) in [7, 11) is 0. The Morgan fingerprint density at radius 3 is 2.46 bits per heavy atom. The normalized spacial score (nSPS) is 17.5. The number of carbonyl (C=O) groups excluding carboxylic acids is 1. The van der Waals surface area contributed by atoms with Gasteiger partial charge in [0.1, 0.15) is 18.5 Å². The Hall–Kier alpha value is -1.59. The van der Waals surface area contributed by atoms with Crippen molar-refractivity contribution in [2.45, 2.75) is 39.7 Å². The van der Waals surface area contributed by atoms with Crippen LogP contribution in [0, 0.1) is 19.8 Å². The Morgan fingerprint density at radius 1 is 1.25 bits per heavy atom. The number of nitrogens with zero attached hydrogens (tertiary/aromatic N) is 1. The molecule has 0 aliphatic carbocycles. The molecule has 5 nitrogen and oxygen atoms in total. The summed E-state index contributed by atoms with van der Waals surface area (Å²) in [5.74, 6) is 0.716. The summed E-state index contributed by atoms with van der Waals surface area (Å²) in [5, 5.41) is 10.2. The lowest BCUT2D eigenvalue weighted by Gasteiger charge is -2.32. The first-order valence-corrected chi connectivity index (χ1v) is 8.76. The zero-order valence-corrected chi connectivity index (χ0v) is 15.0. The van der Waals surface area contributed by atoms with Gasteiger partial charge in [0.05, 0.1) is 12.5 Å². The number of esters is 1. The van der Waals surface area contributed by atoms with E-state index >= 15 is 0 Å². The summed E-state index contributed by atoms with van der Waals surface area (Å²) in [6.07, 6.45) is 1.05. The van der Waals surface area contributed by atoms with Gasteiger partial charge in [-0.05, 0) is 70.0 Å². The van der Waals surface area contributed by atoms with Crippen LogP contribution < -0.4 is 4.74 Å². The van der Waals surface area contributed by atoms with E-state index in [-0.39, 0.29) is 18.5 Å². The standard InChI is InChI=1S/C19H29NO4/c1-4-23-19(22)16-5-7-20(8-6-16)12-17(21)13-24-18-10-14(2)9-15(3)11-18/h9-11,16-17,21H,4-8,12-13H2,1-3H3/t17-/m1/s1. The number of aliphatic hydroxyl groups is 1. The van der Waals surface area contributed by atoms with Crippen molar-refractivity contribution in [1.82, 2.24) is 4.90 Å². The van der Waals surface area contributed by atoms with Crippen LogP contribution in [0.15, 0.2) is 18.2 Å². The lowest BCUT2D eigenvalue weighted by molar-refractivity contribution is -0.149. The quantitative estimate of drug-likeness (QED) is 0.775. The molecular weight excluding hydrogens is 306 g/mol. The molecule has 1 aliphatic rings. The van der Waals surface area contributed by atoms with Gasteiger partial charge in [0.2, 0.25) is 0 Å². The lowest BCUT2D eigenvalue weighted by atomic mass is 9.97. The van der Waals surface area contributed by atoms with E-state index in [0.717, 1.165) is 42.8 Å². The van der Waals surface area contributed by atoms with Crippen LogP contribution in [0.4, 0.5) is 0 Å². The topological polar surface area (TPSA) is 59.0 Å². The second-order valence-electron chi connectivity index (χ2n) is 6.62. The molecule has 1 aromatic rings. The maximum atomic E-state index is 11.7. The molecule has 2 rings (SSSR count). The van der Waals surface area contributed by atoms with Crippen LogP contribution in [-0.4, -0.2) is 54.9 Å². The van der Waals surface area contributed by atoms with Gasteiger partial charge in [-0.15, -0.1) is 0 Å². The van der Waals surface area contributed by atoms with Crippen molar-refractivity contribution in [3.05, 3.63) is 29.3 Å². The Kier molecular flexibility index (Phi) is 7.06. The smallest absolute Gasteiger partial charge is 0.309 e. The van der Waals surface area contributed by atoms with Crippen molar-refractivity contribution >= 4 is 5.97 Å². The number of ether oxygens (including phenoxy) is 2. The first-order chi connectivity index (χ1) is 11.5. The van der Waals surface area contributed by atoms with Gasteiger partial charge >= 0.3 is 5.97 Å². The van der Waals surface area contributed by atoms with E-state index in [9.17, 15) is 9.90 Å². The van der Waals surface area contributed by atoms with E-state index in [1.54, 1.807) is 0 Å². The minimum atomic E-state index is -0.537. The summed E-state index contributed by atoms with van der Waals surface area (Å²) in [6.45, 7) is 8.80. The summed E-state index contributed by atoms with van der Waals surface area (Å²) in [5.41, 5.74) is 2.31. The highest BCUT2D eigenvalue weighted by atomic mass is 16.5. The molecular formula is C19H29NO4. The van der Waals surface area contributed by atoms with Gasteiger partial charge in [0.15, 0.2) is 0 Å². The Morgan fingerprint density at radius 2 is 1.88 bits per heavy atom. The van der Waals surface area contributed by atoms with Crippen molar-refractivity contribution in [2.75, 3.05) is 32.8 Å². The fourth-order valence-electron chi connectivity index (χ4n) is 3.17. The predicted molar refractivity (Wildman–Crippen MR) is 93.2 cm³/mol. The second-order valence-corrected chi connectivity index (χ2v) is 6.62. The molecule has 24 heavy (non-hydrogen) atoms. The number of piperidine rings is 1. The largest absolute Gasteiger partial charge is 0.491 e. The van der Waals surface area contributed by atoms with Gasteiger partial charge < -0.3 is 19.5 Å². The molecule has 1 saturated heterocycles. The summed E-state index contributed by atoms with van der Waals surface area (Å²) in [4.78, 5) is 13.9. The van der Waals surface area contributed by atoms with E-state index in [2.05, 4.69) is 11.0 Å². The number of β-amino-alcohol motifs (C(OH)–C–C–N with tert-alkyl or cyclic N) is 1. The molecule has 1 N–H and O–H groups in total. The molecule has 0 unspecified atom stereocenters. The Labute approximate surface area is 144 Å². The maximum absolute atomic E-state index is 11.7. The fourth-order valence-corrected chi connectivity index (χ4v) is 3.17. The van der Waals surface area contributed by atoms with Gasteiger partial charge in [-0.1, -0.05) is 6.07 Å². The number of hydrogen-bond donors (Lipinski definition) is 1. The number of aliphatic hydroxyl groups excluding tert-OH is 1. The van der Waals surface area contributed by atoms with Crippen molar-refractivity contribution in [1.29, 1.82) is 0 Å². The average molecular weight is 335 g/mol. The first-order valence-electron chi connectivity index (χ1n) is 8.76. The summed E-state index contributed by atoms with van der Waals surface area (Å²) < 4.78 is 10.8. The third-order valence-corrected chi connectivity index (χ3v) is 4.31. The van der Waals surface area contributed by atoms with Gasteiger partial charge in [-0.2, -0.15) is 0 Å². The Balaban J connectivity index is 1.71. The molecule has 1 atom stereocenters. The van der Waals surface area contributed by atoms with Gasteiger partial charge in [0, 0.05) is 6.54 Å². The minimum absolute atomic E-state index is 0.00450. The van der Waals surface area contributed by atoms with E-state index in [1.807, 2.05) is 32.9 Å². The third-order valence-electron chi connectivity index (χ3n) is 4.31. The summed E-state index contributed by atoms with van der Waals surface area (Å²) >= 11 is 0. The number of rotatable bonds is 7. The molecule has 1 aromatic carbocycles. The molecule has 0 amide bonds. The predicted octanol–water partition coefficient (Wildman–Crippen LogP) is 2.32. The highest BCUT2D eigenvalue weighted by Crippen LogP contribution is 2.19. The average Bonchev–Trinajstić information content (AvgIpc) is 2.53. The number of hydrogen-bond acceptors (Lipinski definition) is 5. The molecule has 0 spiro atoms. The van der Waals surface area contributed by atoms with Crippen LogP contribution >= 0.6 is 0 Å². The first kappa shape index (κ1) is 18.7. The fraction of sp³-hybridized carbons (Fsp3) is 0.632. The highest BCUT2D eigenvalue weighted by Gasteiger charge is 2.26. The van der Waals surface area contributed by atoms with Crippen molar-refractivity contribution < 1.29 is 19.4 Å². The number of carbonyl (C=O) groups is 1. The molecule has 0 aromatic heterocycles. The molecule has 1 heterocycles. The molecule has 5 heteroatoms. The third kappa shape index (κ3) is 5.80. The SMILES string of the molecule is CCOC(=O)C1CCN(C[C@@H](O)COc2cc(C)cc(C)c2)CC1. The van der Waals surface area contributed by atoms with Crippen molar-refractivity contribution in [2.24, 2.45) is 5.92 Å². The lowest BCUT2D eigenvalue weighted by Crippen LogP contribution is -2.42. The zero-order chi connectivity index (χ0) is 17.5. The van der Waals surface area contributed by atoms with Gasteiger partial charge in [0.25, 0.3) is 0 Å². The van der Waals surface area contributed by atoms with Crippen LogP contribution in [0.25, 0.3) is 0 Å². The summed E-state index contributed by atoms with van der Waals surface area (Å²) in [6, 6.07) is 6.05. The van der Waals surface area contributed by atoms with E-state index < -0.39 is 6.10 Å². The molecule has 134 valence electrons. The molecule has 0 bridgehead atoms. The van der Waals surface area contributed by atoms with Crippen LogP contribution in [0.5, 0.6) is 5.75 Å². The molecule has 0 radical (unpaired) electrons. The van der Waals surface area contributed by atoms with Crippen molar-refractivity contribution in [3.8, 4) is 5.75 Å². The van der Waals surface area contributed by atoms with Crippen LogP contribution in [0.1, 0.15) is 30.9 Å². The Bertz CT molecular complexity index is 518. The minimum Gasteiger partial charge on any atom is -0.491 e.